The Balaban J connectivity index is 2.20. The Labute approximate surface area is 116 Å². The third-order valence-corrected chi connectivity index (χ3v) is 2.85. The second-order valence-corrected chi connectivity index (χ2v) is 4.16. The summed E-state index contributed by atoms with van der Waals surface area (Å²) in [5.74, 6) is -1.23. The molecule has 0 atom stereocenters. The van der Waals surface area contributed by atoms with Gasteiger partial charge in [-0.15, -0.1) is 0 Å². The summed E-state index contributed by atoms with van der Waals surface area (Å²) in [4.78, 5) is 36.0. The highest BCUT2D eigenvalue weighted by molar-refractivity contribution is 6.28. The van der Waals surface area contributed by atoms with Crippen molar-refractivity contribution in [2.75, 3.05) is 6.54 Å². The minimum atomic E-state index is -0.674. The number of allylic oxidation sites excluding steroid dienone is 2. The molecule has 1 aliphatic heterocycles. The second-order valence-electron chi connectivity index (χ2n) is 4.16. The number of carbonyl (C=O) groups excluding carboxylic acids is 3. The predicted molar refractivity (Wildman–Crippen MR) is 74.5 cm³/mol. The minimum absolute atomic E-state index is 0.0429. The lowest BCUT2D eigenvalue weighted by Gasteiger charge is -2.24. The number of amides is 4. The van der Waals surface area contributed by atoms with Crippen molar-refractivity contribution in [2.24, 2.45) is 0 Å². The normalized spacial score (nSPS) is 17.9. The van der Waals surface area contributed by atoms with Gasteiger partial charge in [-0.1, -0.05) is 42.5 Å². The molecule has 5 heteroatoms. The number of benzene rings is 1. The lowest BCUT2D eigenvalue weighted by molar-refractivity contribution is -0.130. The highest BCUT2D eigenvalue weighted by Gasteiger charge is 2.34. The Bertz CT molecular complexity index is 603. The van der Waals surface area contributed by atoms with Crippen molar-refractivity contribution in [2.45, 2.75) is 6.92 Å². The maximum Gasteiger partial charge on any atom is 0.331 e. The molecule has 20 heavy (non-hydrogen) atoms. The van der Waals surface area contributed by atoms with Gasteiger partial charge in [0.05, 0.1) is 0 Å². The van der Waals surface area contributed by atoms with E-state index in [1.165, 1.54) is 6.08 Å². The molecule has 0 aliphatic carbocycles. The number of hydrogen-bond acceptors (Lipinski definition) is 3. The van der Waals surface area contributed by atoms with Gasteiger partial charge in [0, 0.05) is 6.54 Å². The fraction of sp³-hybridized carbons (Fsp3) is 0.133. The third-order valence-electron chi connectivity index (χ3n) is 2.85. The number of likely N-dealkylation sites (N-methyl/N-ethyl adjacent to an activating group) is 1. The van der Waals surface area contributed by atoms with Gasteiger partial charge >= 0.3 is 6.03 Å². The van der Waals surface area contributed by atoms with Crippen LogP contribution in [-0.4, -0.2) is 29.3 Å². The highest BCUT2D eigenvalue weighted by Crippen LogP contribution is 2.10. The lowest BCUT2D eigenvalue weighted by Crippen LogP contribution is -2.53. The van der Waals surface area contributed by atoms with Crippen LogP contribution in [-0.2, 0) is 9.59 Å². The summed E-state index contributed by atoms with van der Waals surface area (Å²) < 4.78 is 0. The number of urea groups is 1. The maximum absolute atomic E-state index is 12.0. The van der Waals surface area contributed by atoms with Crippen molar-refractivity contribution in [3.05, 3.63) is 53.6 Å². The largest absolute Gasteiger partial charge is 0.331 e. The van der Waals surface area contributed by atoms with Crippen LogP contribution in [0.1, 0.15) is 12.5 Å². The molecule has 0 unspecified atom stereocenters. The Morgan fingerprint density at radius 3 is 2.50 bits per heavy atom. The first kappa shape index (κ1) is 13.7. The molecule has 1 aromatic rings. The van der Waals surface area contributed by atoms with E-state index in [0.29, 0.717) is 0 Å². The topological polar surface area (TPSA) is 66.5 Å². The van der Waals surface area contributed by atoms with Crippen LogP contribution in [0.4, 0.5) is 4.79 Å². The van der Waals surface area contributed by atoms with Crippen molar-refractivity contribution >= 4 is 23.9 Å². The van der Waals surface area contributed by atoms with Crippen LogP contribution < -0.4 is 5.32 Å². The summed E-state index contributed by atoms with van der Waals surface area (Å²) in [6.45, 7) is 1.89. The third kappa shape index (κ3) is 2.83. The van der Waals surface area contributed by atoms with E-state index in [9.17, 15) is 14.4 Å². The van der Waals surface area contributed by atoms with Gasteiger partial charge < -0.3 is 0 Å². The highest BCUT2D eigenvalue weighted by atomic mass is 16.2. The van der Waals surface area contributed by atoms with Crippen LogP contribution in [0, 0.1) is 0 Å². The number of rotatable bonds is 3. The van der Waals surface area contributed by atoms with E-state index in [4.69, 9.17) is 0 Å². The molecule has 1 N–H and O–H groups in total. The van der Waals surface area contributed by atoms with Gasteiger partial charge in [0.2, 0.25) is 0 Å². The summed E-state index contributed by atoms with van der Waals surface area (Å²) in [7, 11) is 0. The van der Waals surface area contributed by atoms with Gasteiger partial charge in [-0.2, -0.15) is 0 Å². The van der Waals surface area contributed by atoms with E-state index in [1.807, 2.05) is 30.3 Å². The van der Waals surface area contributed by atoms with Crippen LogP contribution in [0.25, 0.3) is 6.08 Å². The molecule has 1 aliphatic rings. The van der Waals surface area contributed by atoms with Gasteiger partial charge in [-0.25, -0.2) is 4.79 Å². The van der Waals surface area contributed by atoms with Crippen molar-refractivity contribution in [3.8, 4) is 0 Å². The Morgan fingerprint density at radius 2 is 1.85 bits per heavy atom. The average Bonchev–Trinajstić information content (AvgIpc) is 2.44. The number of imide groups is 2. The van der Waals surface area contributed by atoms with E-state index in [-0.39, 0.29) is 12.1 Å². The molecule has 0 bridgehead atoms. The Kier molecular flexibility index (Phi) is 4.10. The van der Waals surface area contributed by atoms with E-state index in [2.05, 4.69) is 5.32 Å². The molecule has 0 radical (unpaired) electrons. The van der Waals surface area contributed by atoms with E-state index in [1.54, 1.807) is 19.1 Å². The van der Waals surface area contributed by atoms with Crippen molar-refractivity contribution in [1.29, 1.82) is 0 Å². The van der Waals surface area contributed by atoms with Gasteiger partial charge in [0.15, 0.2) is 0 Å². The van der Waals surface area contributed by atoms with Crippen LogP contribution in [0.3, 0.4) is 0 Å². The zero-order valence-electron chi connectivity index (χ0n) is 11.0. The van der Waals surface area contributed by atoms with Crippen LogP contribution >= 0.6 is 0 Å². The monoisotopic (exact) mass is 270 g/mol. The summed E-state index contributed by atoms with van der Waals surface area (Å²) in [5.41, 5.74) is 0.912. The van der Waals surface area contributed by atoms with E-state index >= 15 is 0 Å². The molecular weight excluding hydrogens is 256 g/mol. The van der Waals surface area contributed by atoms with Crippen molar-refractivity contribution in [1.82, 2.24) is 10.2 Å². The van der Waals surface area contributed by atoms with Crippen LogP contribution in [0.15, 0.2) is 48.1 Å². The van der Waals surface area contributed by atoms with Crippen molar-refractivity contribution < 1.29 is 14.4 Å². The Hall–Kier alpha value is -2.69. The first-order valence-electron chi connectivity index (χ1n) is 6.24. The molecular formula is C15H14N2O3. The summed E-state index contributed by atoms with van der Waals surface area (Å²) in [6, 6.07) is 8.82. The molecule has 1 aromatic carbocycles. The fourth-order valence-electron chi connectivity index (χ4n) is 1.82. The number of hydrogen-bond donors (Lipinski definition) is 1. The minimum Gasteiger partial charge on any atom is -0.273 e. The van der Waals surface area contributed by atoms with E-state index < -0.39 is 17.8 Å². The molecule has 1 heterocycles. The fourth-order valence-corrected chi connectivity index (χ4v) is 1.82. The predicted octanol–water partition coefficient (Wildman–Crippen LogP) is 1.72. The molecule has 1 fully saturated rings. The number of barbiturate groups is 1. The Morgan fingerprint density at radius 1 is 1.15 bits per heavy atom. The molecule has 1 saturated heterocycles. The van der Waals surface area contributed by atoms with Crippen LogP contribution in [0.2, 0.25) is 0 Å². The maximum atomic E-state index is 12.0. The van der Waals surface area contributed by atoms with E-state index in [0.717, 1.165) is 10.5 Å². The standard InChI is InChI=1S/C15H14N2O3/c1-2-17-14(19)12(13(18)16-15(17)20)10-6-9-11-7-4-3-5-8-11/h3-10H,2H2,1H3,(H,16,18,20)/b9-6+,12-10+. The first-order valence-corrected chi connectivity index (χ1v) is 6.24. The number of nitrogens with one attached hydrogen (secondary N) is 1. The van der Waals surface area contributed by atoms with Gasteiger partial charge in [-0.3, -0.25) is 19.8 Å². The molecule has 4 amide bonds. The molecule has 2 rings (SSSR count). The molecule has 0 aromatic heterocycles. The molecule has 0 spiro atoms. The molecule has 102 valence electrons. The quantitative estimate of drug-likeness (QED) is 0.672. The van der Waals surface area contributed by atoms with Crippen molar-refractivity contribution in [3.63, 3.8) is 0 Å². The smallest absolute Gasteiger partial charge is 0.273 e. The summed E-state index contributed by atoms with van der Waals surface area (Å²) >= 11 is 0. The number of carbonyl (C=O) groups is 3. The number of nitrogens with zero attached hydrogens (tertiary/aromatic N) is 1. The van der Waals surface area contributed by atoms with Crippen LogP contribution in [0.5, 0.6) is 0 Å². The van der Waals surface area contributed by atoms with Gasteiger partial charge in [-0.05, 0) is 18.6 Å². The van der Waals surface area contributed by atoms with Gasteiger partial charge in [0.25, 0.3) is 11.8 Å². The summed E-state index contributed by atoms with van der Waals surface area (Å²) in [5, 5.41) is 2.13. The lowest BCUT2D eigenvalue weighted by atomic mass is 10.1. The zero-order chi connectivity index (χ0) is 14.5. The van der Waals surface area contributed by atoms with Gasteiger partial charge in [0.1, 0.15) is 5.57 Å². The first-order chi connectivity index (χ1) is 9.63. The SMILES string of the molecule is CCN1C(=O)NC(=O)/C(=C\C=C\c2ccccc2)C1=O. The second kappa shape index (κ2) is 5.97. The zero-order valence-corrected chi connectivity index (χ0v) is 11.0. The molecule has 5 nitrogen and oxygen atoms in total. The summed E-state index contributed by atoms with van der Waals surface area (Å²) in [6.07, 6.45) is 4.81. The molecule has 0 saturated carbocycles. The average molecular weight is 270 g/mol.